The molecule has 0 aliphatic carbocycles. The molecular formula is C13H19N3O4S. The van der Waals surface area contributed by atoms with Crippen LogP contribution in [0.2, 0.25) is 0 Å². The maximum Gasteiger partial charge on any atom is 0.223 e. The van der Waals surface area contributed by atoms with Crippen LogP contribution in [0.25, 0.3) is 0 Å². The van der Waals surface area contributed by atoms with Crippen LogP contribution in [0.3, 0.4) is 0 Å². The molecule has 1 aliphatic rings. The third kappa shape index (κ3) is 4.13. The Morgan fingerprint density at radius 2 is 2.05 bits per heavy atom. The molecule has 2 heterocycles. The third-order valence-electron chi connectivity index (χ3n) is 3.48. The van der Waals surface area contributed by atoms with Crippen molar-refractivity contribution in [1.82, 2.24) is 14.9 Å². The Hall–Kier alpha value is -1.70. The van der Waals surface area contributed by atoms with Gasteiger partial charge in [0.25, 0.3) is 0 Å². The number of ether oxygens (including phenoxy) is 1. The summed E-state index contributed by atoms with van der Waals surface area (Å²) in [6, 6.07) is 0. The monoisotopic (exact) mass is 313 g/mol. The summed E-state index contributed by atoms with van der Waals surface area (Å²) in [5.41, 5.74) is 1.82. The second kappa shape index (κ2) is 6.38. The molecule has 0 bridgehead atoms. The predicted octanol–water partition coefficient (Wildman–Crippen LogP) is -0.153. The van der Waals surface area contributed by atoms with Gasteiger partial charge in [-0.05, 0) is 6.42 Å². The van der Waals surface area contributed by atoms with Gasteiger partial charge in [-0.2, -0.15) is 0 Å². The second-order valence-corrected chi connectivity index (χ2v) is 7.33. The van der Waals surface area contributed by atoms with E-state index in [2.05, 4.69) is 9.97 Å². The smallest absolute Gasteiger partial charge is 0.223 e. The quantitative estimate of drug-likeness (QED) is 0.768. The van der Waals surface area contributed by atoms with Gasteiger partial charge < -0.3 is 9.64 Å². The zero-order valence-electron chi connectivity index (χ0n) is 12.2. The molecule has 1 aliphatic heterocycles. The van der Waals surface area contributed by atoms with E-state index in [9.17, 15) is 13.2 Å². The molecule has 116 valence electrons. The molecule has 0 spiro atoms. The first-order valence-electron chi connectivity index (χ1n) is 6.73. The summed E-state index contributed by atoms with van der Waals surface area (Å²) >= 11 is 0. The minimum atomic E-state index is -3.12. The number of amides is 1. The first-order valence-corrected chi connectivity index (χ1v) is 8.79. The van der Waals surface area contributed by atoms with Crippen LogP contribution < -0.4 is 4.74 Å². The number of sulfone groups is 1. The average molecular weight is 313 g/mol. The van der Waals surface area contributed by atoms with Gasteiger partial charge in [0.2, 0.25) is 11.8 Å². The summed E-state index contributed by atoms with van der Waals surface area (Å²) in [6.45, 7) is 1.06. The maximum absolute atomic E-state index is 12.1. The summed E-state index contributed by atoms with van der Waals surface area (Å²) < 4.78 is 27.5. The van der Waals surface area contributed by atoms with Crippen molar-refractivity contribution in [3.8, 4) is 5.88 Å². The molecular weight excluding hydrogens is 294 g/mol. The van der Waals surface area contributed by atoms with Gasteiger partial charge in [-0.3, -0.25) is 4.79 Å². The van der Waals surface area contributed by atoms with Crippen molar-refractivity contribution in [2.24, 2.45) is 0 Å². The van der Waals surface area contributed by atoms with E-state index in [-0.39, 0.29) is 18.1 Å². The van der Waals surface area contributed by atoms with Crippen LogP contribution in [-0.4, -0.2) is 61.4 Å². The van der Waals surface area contributed by atoms with Gasteiger partial charge >= 0.3 is 0 Å². The number of rotatable bonds is 4. The van der Waals surface area contributed by atoms with Gasteiger partial charge in [-0.25, -0.2) is 18.4 Å². The molecule has 0 fully saturated rings. The number of fused-ring (bicyclic) bond motifs is 1. The van der Waals surface area contributed by atoms with E-state index in [1.165, 1.54) is 6.33 Å². The van der Waals surface area contributed by atoms with E-state index in [0.29, 0.717) is 31.8 Å². The van der Waals surface area contributed by atoms with Gasteiger partial charge in [-0.15, -0.1) is 0 Å². The fourth-order valence-corrected chi connectivity index (χ4v) is 2.90. The van der Waals surface area contributed by atoms with Crippen molar-refractivity contribution < 1.29 is 17.9 Å². The van der Waals surface area contributed by atoms with E-state index in [0.717, 1.165) is 17.5 Å². The fourth-order valence-electron chi connectivity index (χ4n) is 2.35. The first-order chi connectivity index (χ1) is 9.90. The van der Waals surface area contributed by atoms with Crippen LogP contribution in [0, 0.1) is 0 Å². The van der Waals surface area contributed by atoms with Crippen molar-refractivity contribution in [2.75, 3.05) is 32.2 Å². The summed E-state index contributed by atoms with van der Waals surface area (Å²) in [5, 5.41) is 0. The number of hydrogen-bond donors (Lipinski definition) is 0. The molecule has 7 nitrogen and oxygen atoms in total. The van der Waals surface area contributed by atoms with E-state index in [4.69, 9.17) is 4.74 Å². The number of carbonyl (C=O) groups excluding carboxylic acids is 1. The minimum Gasteiger partial charge on any atom is -0.481 e. The second-order valence-electron chi connectivity index (χ2n) is 5.07. The molecule has 0 N–H and O–H groups in total. The Labute approximate surface area is 124 Å². The minimum absolute atomic E-state index is 0.0258. The topological polar surface area (TPSA) is 89.5 Å². The number of aromatic nitrogens is 2. The standard InChI is InChI=1S/C13H19N3O4S/c1-20-13-10-3-6-16(7-4-11(10)14-9-15-13)12(17)5-8-21(2,18)19/h9H,3-8H2,1-2H3. The van der Waals surface area contributed by atoms with Crippen LogP contribution in [0.1, 0.15) is 17.7 Å². The Morgan fingerprint density at radius 3 is 2.71 bits per heavy atom. The van der Waals surface area contributed by atoms with Crippen LogP contribution in [0.5, 0.6) is 5.88 Å². The van der Waals surface area contributed by atoms with Crippen molar-refractivity contribution in [3.05, 3.63) is 17.6 Å². The summed E-state index contributed by atoms with van der Waals surface area (Å²) in [5.74, 6) is 0.295. The number of hydrogen-bond acceptors (Lipinski definition) is 6. The lowest BCUT2D eigenvalue weighted by atomic mass is 10.1. The zero-order valence-corrected chi connectivity index (χ0v) is 13.0. The van der Waals surface area contributed by atoms with Crippen molar-refractivity contribution in [1.29, 1.82) is 0 Å². The van der Waals surface area contributed by atoms with Gasteiger partial charge in [0.05, 0.1) is 18.6 Å². The molecule has 0 saturated carbocycles. The van der Waals surface area contributed by atoms with Gasteiger partial charge in [0.15, 0.2) is 0 Å². The molecule has 21 heavy (non-hydrogen) atoms. The normalized spacial score (nSPS) is 15.2. The van der Waals surface area contributed by atoms with E-state index >= 15 is 0 Å². The lowest BCUT2D eigenvalue weighted by molar-refractivity contribution is -0.130. The lowest BCUT2D eigenvalue weighted by Crippen LogP contribution is -2.34. The molecule has 0 saturated heterocycles. The fraction of sp³-hybridized carbons (Fsp3) is 0.615. The van der Waals surface area contributed by atoms with Gasteiger partial charge in [0.1, 0.15) is 16.2 Å². The number of methoxy groups -OCH3 is 1. The molecule has 0 aromatic carbocycles. The van der Waals surface area contributed by atoms with Gasteiger partial charge in [0, 0.05) is 37.8 Å². The Balaban J connectivity index is 2.04. The molecule has 1 aromatic heterocycles. The van der Waals surface area contributed by atoms with E-state index in [1.807, 2.05) is 0 Å². The highest BCUT2D eigenvalue weighted by Crippen LogP contribution is 2.21. The van der Waals surface area contributed by atoms with Crippen molar-refractivity contribution >= 4 is 15.7 Å². The molecule has 1 aromatic rings. The van der Waals surface area contributed by atoms with Crippen LogP contribution in [-0.2, 0) is 27.5 Å². The average Bonchev–Trinajstić information content (AvgIpc) is 2.66. The third-order valence-corrected chi connectivity index (χ3v) is 4.42. The predicted molar refractivity (Wildman–Crippen MR) is 76.9 cm³/mol. The molecule has 8 heteroatoms. The van der Waals surface area contributed by atoms with Crippen LogP contribution in [0.4, 0.5) is 0 Å². The van der Waals surface area contributed by atoms with Crippen LogP contribution in [0.15, 0.2) is 6.33 Å². The molecule has 1 amide bonds. The SMILES string of the molecule is COc1ncnc2c1CCN(C(=O)CCS(C)(=O)=O)CC2. The molecule has 0 unspecified atom stereocenters. The Morgan fingerprint density at radius 1 is 1.33 bits per heavy atom. The van der Waals surface area contributed by atoms with E-state index < -0.39 is 9.84 Å². The summed E-state index contributed by atoms with van der Waals surface area (Å²) in [6.07, 6.45) is 3.86. The number of carbonyl (C=O) groups is 1. The Bertz CT molecular complexity index is 630. The number of nitrogens with zero attached hydrogens (tertiary/aromatic N) is 3. The lowest BCUT2D eigenvalue weighted by Gasteiger charge is -2.19. The molecule has 0 atom stereocenters. The van der Waals surface area contributed by atoms with Crippen molar-refractivity contribution in [3.63, 3.8) is 0 Å². The summed E-state index contributed by atoms with van der Waals surface area (Å²) in [4.78, 5) is 22.1. The van der Waals surface area contributed by atoms with E-state index in [1.54, 1.807) is 12.0 Å². The largest absolute Gasteiger partial charge is 0.481 e. The molecule has 2 rings (SSSR count). The highest BCUT2D eigenvalue weighted by atomic mass is 32.2. The molecule has 0 radical (unpaired) electrons. The summed E-state index contributed by atoms with van der Waals surface area (Å²) in [7, 11) is -1.56. The highest BCUT2D eigenvalue weighted by Gasteiger charge is 2.22. The highest BCUT2D eigenvalue weighted by molar-refractivity contribution is 7.90. The Kier molecular flexibility index (Phi) is 4.76. The first kappa shape index (κ1) is 15.7. The maximum atomic E-state index is 12.1. The van der Waals surface area contributed by atoms with Crippen LogP contribution >= 0.6 is 0 Å². The van der Waals surface area contributed by atoms with Crippen molar-refractivity contribution in [2.45, 2.75) is 19.3 Å². The zero-order chi connectivity index (χ0) is 15.5. The van der Waals surface area contributed by atoms with Gasteiger partial charge in [-0.1, -0.05) is 0 Å².